The predicted molar refractivity (Wildman–Crippen MR) is 336 cm³/mol. The third kappa shape index (κ3) is 23.5. The Labute approximate surface area is 512 Å². The molecule has 4 heterocycles. The Morgan fingerprint density at radius 3 is 1.40 bits per heavy atom. The van der Waals surface area contributed by atoms with Crippen LogP contribution in [0.15, 0.2) is 83.8 Å². The largest absolute Gasteiger partial charge is 0.379 e. The number of amides is 5. The number of carbonyl (C=O) groups excluding carboxylic acids is 5. The number of nitrogens with zero attached hydrogens (tertiary/aromatic N) is 11. The third-order valence-electron chi connectivity index (χ3n) is 15.2. The standard InChI is InChI=1S/C59H87N19O10/c1-71-19-21-73(3)25-29-77(39-52(82)83)33-31-75(27-23-71)37-50(80)64-44-11-9-43(10-12-44)63-49(79)18-17-48(68-56(86)41-5-7-42(8-6-41)61-35-47-36-62-55-54(66-47)58(88)70-59(60)69-55)57(87)67-46-15-13-45(14-16-46)65-51(81)38-76-28-24-72(2)20-22-74(4)26-30-78(34-32-76)40-53(84)85/h5-16,36,48,52-53,61,82-85H,17-35,37-40H2,1-4H3,(H,63,79)(H,64,80)(H,65,81)(H,67,87)(H,68,86)(H3,60,62,69,70,88). The average Bonchev–Trinajstić information content (AvgIpc) is 3.59. The first kappa shape index (κ1) is 67.9. The van der Waals surface area contributed by atoms with Crippen LogP contribution in [0.3, 0.4) is 0 Å². The van der Waals surface area contributed by atoms with Crippen molar-refractivity contribution in [3.63, 3.8) is 0 Å². The Morgan fingerprint density at radius 1 is 0.534 bits per heavy atom. The zero-order chi connectivity index (χ0) is 63.1. The number of fused-ring (bicyclic) bond motifs is 1. The number of nitrogens with two attached hydrogens (primary N) is 1. The number of aromatic nitrogens is 4. The van der Waals surface area contributed by atoms with E-state index in [4.69, 9.17) is 5.73 Å². The van der Waals surface area contributed by atoms with E-state index in [9.17, 15) is 49.2 Å². The summed E-state index contributed by atoms with van der Waals surface area (Å²) in [6, 6.07) is 18.4. The Kier molecular flexibility index (Phi) is 26.4. The minimum absolute atomic E-state index is 0.0328. The highest BCUT2D eigenvalue weighted by atomic mass is 16.5. The number of hydrogen-bond acceptors (Lipinski definition) is 23. The molecule has 29 heteroatoms. The third-order valence-corrected chi connectivity index (χ3v) is 15.2. The first-order valence-corrected chi connectivity index (χ1v) is 29.6. The van der Waals surface area contributed by atoms with Crippen molar-refractivity contribution in [1.29, 1.82) is 0 Å². The molecule has 13 N–H and O–H groups in total. The number of nitrogen functional groups attached to an aromatic ring is 1. The van der Waals surface area contributed by atoms with Gasteiger partial charge in [-0.15, -0.1) is 0 Å². The molecule has 5 aromatic rings. The topological polar surface area (TPSA) is 362 Å². The van der Waals surface area contributed by atoms with Crippen molar-refractivity contribution < 1.29 is 44.4 Å². The van der Waals surface area contributed by atoms with Crippen molar-refractivity contribution in [2.45, 2.75) is 38.0 Å². The van der Waals surface area contributed by atoms with Crippen molar-refractivity contribution in [2.75, 3.05) is 191 Å². The van der Waals surface area contributed by atoms with E-state index in [-0.39, 0.29) is 80.1 Å². The molecule has 1 unspecified atom stereocenters. The van der Waals surface area contributed by atoms with Gasteiger partial charge in [0.1, 0.15) is 6.04 Å². The molecular weight excluding hydrogens is 1130 g/mol. The number of aromatic amines is 1. The molecule has 2 aromatic heterocycles. The molecule has 7 rings (SSSR count). The number of rotatable bonds is 21. The number of carbonyl (C=O) groups is 5. The van der Waals surface area contributed by atoms with E-state index in [0.29, 0.717) is 86.5 Å². The number of nitrogens with one attached hydrogen (secondary N) is 7. The lowest BCUT2D eigenvalue weighted by molar-refractivity contribution is -0.119. The van der Waals surface area contributed by atoms with Crippen LogP contribution >= 0.6 is 0 Å². The second-order valence-electron chi connectivity index (χ2n) is 22.6. The Bertz CT molecular complexity index is 3100. The fourth-order valence-corrected chi connectivity index (χ4v) is 9.84. The second kappa shape index (κ2) is 34.2. The Balaban J connectivity index is 0.960. The molecule has 29 nitrogen and oxygen atoms in total. The van der Waals surface area contributed by atoms with Gasteiger partial charge in [-0.05, 0) is 107 Å². The van der Waals surface area contributed by atoms with E-state index in [1.807, 2.05) is 47.8 Å². The lowest BCUT2D eigenvalue weighted by atomic mass is 10.1. The maximum atomic E-state index is 14.1. The highest BCUT2D eigenvalue weighted by molar-refractivity contribution is 6.02. The minimum atomic E-state index is -1.48. The van der Waals surface area contributed by atoms with Gasteiger partial charge in [-0.1, -0.05) is 0 Å². The fraction of sp³-hybridized carbons (Fsp3) is 0.508. The quantitative estimate of drug-likeness (QED) is 0.0373. The first-order valence-electron chi connectivity index (χ1n) is 29.6. The van der Waals surface area contributed by atoms with Crippen LogP contribution in [0.25, 0.3) is 11.2 Å². The number of likely N-dealkylation sites (N-methyl/N-ethyl adjacent to an activating group) is 4. The smallest absolute Gasteiger partial charge is 0.280 e. The second-order valence-corrected chi connectivity index (χ2v) is 22.6. The maximum absolute atomic E-state index is 14.1. The molecular formula is C59H87N19O10. The highest BCUT2D eigenvalue weighted by Crippen LogP contribution is 2.19. The summed E-state index contributed by atoms with van der Waals surface area (Å²) in [5.74, 6) is -2.19. The summed E-state index contributed by atoms with van der Waals surface area (Å²) in [6.07, 6.45) is -1.77. The van der Waals surface area contributed by atoms with Gasteiger partial charge in [0, 0.05) is 158 Å². The van der Waals surface area contributed by atoms with Gasteiger partial charge in [-0.3, -0.25) is 53.4 Å². The van der Waals surface area contributed by atoms with Crippen LogP contribution in [0.1, 0.15) is 28.9 Å². The number of aliphatic hydroxyl groups excluding tert-OH is 2. The molecule has 0 aliphatic carbocycles. The van der Waals surface area contributed by atoms with Crippen LogP contribution in [0.2, 0.25) is 0 Å². The van der Waals surface area contributed by atoms with Crippen LogP contribution in [-0.2, 0) is 25.7 Å². The van der Waals surface area contributed by atoms with E-state index in [0.717, 1.165) is 52.4 Å². The zero-order valence-electron chi connectivity index (χ0n) is 50.7. The minimum Gasteiger partial charge on any atom is -0.379 e. The normalized spacial score (nSPS) is 17.2. The molecule has 0 radical (unpaired) electrons. The number of anilines is 6. The monoisotopic (exact) mass is 1220 g/mol. The van der Waals surface area contributed by atoms with Gasteiger partial charge in [-0.2, -0.15) is 4.98 Å². The van der Waals surface area contributed by atoms with E-state index in [2.05, 4.69) is 71.4 Å². The van der Waals surface area contributed by atoms with Gasteiger partial charge in [0.2, 0.25) is 29.6 Å². The summed E-state index contributed by atoms with van der Waals surface area (Å²) in [4.78, 5) is 113. The van der Waals surface area contributed by atoms with Gasteiger partial charge in [0.25, 0.3) is 11.5 Å². The zero-order valence-corrected chi connectivity index (χ0v) is 50.7. The molecule has 2 saturated heterocycles. The molecule has 1 atom stereocenters. The van der Waals surface area contributed by atoms with Crippen molar-refractivity contribution in [3.8, 4) is 0 Å². The summed E-state index contributed by atoms with van der Waals surface area (Å²) < 4.78 is 0. The number of H-pyrrole nitrogens is 1. The number of benzene rings is 3. The van der Waals surface area contributed by atoms with Crippen molar-refractivity contribution in [2.24, 2.45) is 0 Å². The molecule has 2 aliphatic rings. The predicted octanol–water partition coefficient (Wildman–Crippen LogP) is -1.48. The Morgan fingerprint density at radius 2 is 0.932 bits per heavy atom. The molecule has 0 spiro atoms. The maximum Gasteiger partial charge on any atom is 0.280 e. The first-order chi connectivity index (χ1) is 42.2. The van der Waals surface area contributed by atoms with Gasteiger partial charge in [0.15, 0.2) is 23.7 Å². The van der Waals surface area contributed by atoms with E-state index < -0.39 is 41.9 Å². The summed E-state index contributed by atoms with van der Waals surface area (Å²) in [5, 5.41) is 56.4. The lowest BCUT2D eigenvalue weighted by Gasteiger charge is -2.32. The van der Waals surface area contributed by atoms with E-state index in [1.54, 1.807) is 72.8 Å². The Hall–Kier alpha value is -7.65. The van der Waals surface area contributed by atoms with E-state index in [1.165, 1.54) is 6.20 Å². The van der Waals surface area contributed by atoms with Crippen LogP contribution in [0.4, 0.5) is 34.4 Å². The SMILES string of the molecule is CN1CCN(C)CCN(CC(O)O)CCN(CC(=O)Nc2ccc(NC(=O)CCC(NC(=O)c3ccc(NCc4cnc5nc(N)[nH]c(=O)c5n4)cc3)C(=O)Nc3ccc(NC(=O)CN4CCN(C)CCN(C)CCN(CC(O)O)CC4)cc3)cc2)CC1. The van der Waals surface area contributed by atoms with Gasteiger partial charge < -0.3 is 77.7 Å². The molecule has 2 fully saturated rings. The number of hydrogen-bond donors (Lipinski definition) is 12. The molecule has 88 heavy (non-hydrogen) atoms. The van der Waals surface area contributed by atoms with E-state index >= 15 is 0 Å². The van der Waals surface area contributed by atoms with Gasteiger partial charge >= 0.3 is 0 Å². The molecule has 478 valence electrons. The van der Waals surface area contributed by atoms with Crippen molar-refractivity contribution >= 4 is 75.1 Å². The number of β-amino-alcohol motifs (C(OH)–C–C–N with tert-alkyl or cyclic N) is 4. The molecule has 2 aliphatic heterocycles. The molecule has 5 amide bonds. The highest BCUT2D eigenvalue weighted by Gasteiger charge is 2.25. The summed E-state index contributed by atoms with van der Waals surface area (Å²) in [6.45, 7) is 11.7. The van der Waals surface area contributed by atoms with Gasteiger partial charge in [0.05, 0.1) is 31.5 Å². The van der Waals surface area contributed by atoms with Crippen molar-refractivity contribution in [1.82, 2.24) is 64.5 Å². The van der Waals surface area contributed by atoms with Crippen LogP contribution in [0, 0.1) is 0 Å². The lowest BCUT2D eigenvalue weighted by Crippen LogP contribution is -2.47. The molecule has 3 aromatic carbocycles. The fourth-order valence-electron chi connectivity index (χ4n) is 9.84. The number of aliphatic hydroxyl groups is 4. The van der Waals surface area contributed by atoms with Crippen LogP contribution in [-0.4, -0.2) is 287 Å². The van der Waals surface area contributed by atoms with Crippen LogP contribution < -0.4 is 43.2 Å². The molecule has 0 bridgehead atoms. The summed E-state index contributed by atoms with van der Waals surface area (Å²) >= 11 is 0. The molecule has 0 saturated carbocycles. The van der Waals surface area contributed by atoms with Crippen molar-refractivity contribution in [3.05, 3.63) is 101 Å². The summed E-state index contributed by atoms with van der Waals surface area (Å²) in [7, 11) is 8.19. The summed E-state index contributed by atoms with van der Waals surface area (Å²) in [5.41, 5.74) is 8.33. The average molecular weight is 1220 g/mol. The van der Waals surface area contributed by atoms with Crippen LogP contribution in [0.5, 0.6) is 0 Å². The van der Waals surface area contributed by atoms with Gasteiger partial charge in [-0.25, -0.2) is 9.97 Å².